The van der Waals surface area contributed by atoms with Crippen molar-refractivity contribution in [3.63, 3.8) is 0 Å². The first-order chi connectivity index (χ1) is 8.33. The van der Waals surface area contributed by atoms with Gasteiger partial charge >= 0.3 is 0 Å². The van der Waals surface area contributed by atoms with E-state index < -0.39 is 0 Å². The van der Waals surface area contributed by atoms with Gasteiger partial charge < -0.3 is 10.1 Å². The molecule has 0 aliphatic carbocycles. The second-order valence-electron chi connectivity index (χ2n) is 5.48. The molecule has 0 spiro atoms. The monoisotopic (exact) mass is 241 g/mol. The Kier molecular flexibility index (Phi) is 8.72. The predicted molar refractivity (Wildman–Crippen MR) is 74.4 cm³/mol. The van der Waals surface area contributed by atoms with Crippen molar-refractivity contribution in [1.82, 2.24) is 5.32 Å². The number of nitrogens with one attached hydrogen (secondary N) is 1. The molecule has 1 fully saturated rings. The van der Waals surface area contributed by atoms with E-state index in [4.69, 9.17) is 4.74 Å². The molecule has 1 heterocycles. The van der Waals surface area contributed by atoms with Crippen molar-refractivity contribution in [1.29, 1.82) is 0 Å². The second kappa shape index (κ2) is 9.90. The molecule has 102 valence electrons. The molecule has 1 aliphatic heterocycles. The summed E-state index contributed by atoms with van der Waals surface area (Å²) < 4.78 is 5.62. The van der Waals surface area contributed by atoms with Crippen LogP contribution in [0.25, 0.3) is 0 Å². The van der Waals surface area contributed by atoms with Crippen molar-refractivity contribution in [2.75, 3.05) is 13.2 Å². The minimum Gasteiger partial charge on any atom is -0.378 e. The van der Waals surface area contributed by atoms with Gasteiger partial charge in [-0.05, 0) is 39.2 Å². The molecule has 0 amide bonds. The summed E-state index contributed by atoms with van der Waals surface area (Å²) in [5, 5.41) is 3.62. The highest BCUT2D eigenvalue weighted by Gasteiger charge is 2.14. The van der Waals surface area contributed by atoms with E-state index in [9.17, 15) is 0 Å². The van der Waals surface area contributed by atoms with E-state index in [1.807, 2.05) is 0 Å². The predicted octanol–water partition coefficient (Wildman–Crippen LogP) is 3.89. The third-order valence-corrected chi connectivity index (χ3v) is 3.72. The van der Waals surface area contributed by atoms with Crippen molar-refractivity contribution in [2.24, 2.45) is 0 Å². The SMILES string of the molecule is CCCCCCCC(C)NCCC1CCCO1. The van der Waals surface area contributed by atoms with Crippen molar-refractivity contribution in [2.45, 2.75) is 83.8 Å². The molecule has 0 aromatic carbocycles. The van der Waals surface area contributed by atoms with E-state index in [0.29, 0.717) is 12.1 Å². The molecule has 2 nitrogen and oxygen atoms in total. The van der Waals surface area contributed by atoms with E-state index in [-0.39, 0.29) is 0 Å². The standard InChI is InChI=1S/C15H31NO/c1-3-4-5-6-7-9-14(2)16-12-11-15-10-8-13-17-15/h14-16H,3-13H2,1-2H3. The summed E-state index contributed by atoms with van der Waals surface area (Å²) in [5.41, 5.74) is 0. The van der Waals surface area contributed by atoms with Gasteiger partial charge in [0.25, 0.3) is 0 Å². The molecule has 0 aromatic heterocycles. The van der Waals surface area contributed by atoms with Gasteiger partial charge in [0.2, 0.25) is 0 Å². The number of hydrogen-bond acceptors (Lipinski definition) is 2. The largest absolute Gasteiger partial charge is 0.378 e. The van der Waals surface area contributed by atoms with Crippen LogP contribution in [0.15, 0.2) is 0 Å². The molecular weight excluding hydrogens is 210 g/mol. The summed E-state index contributed by atoms with van der Waals surface area (Å²) in [6, 6.07) is 0.679. The van der Waals surface area contributed by atoms with Crippen LogP contribution < -0.4 is 5.32 Å². The van der Waals surface area contributed by atoms with Gasteiger partial charge in [-0.1, -0.05) is 39.0 Å². The maximum Gasteiger partial charge on any atom is 0.0588 e. The van der Waals surface area contributed by atoms with Crippen LogP contribution in [0.2, 0.25) is 0 Å². The molecule has 0 saturated carbocycles. The van der Waals surface area contributed by atoms with Crippen molar-refractivity contribution < 1.29 is 4.74 Å². The molecule has 0 aromatic rings. The van der Waals surface area contributed by atoms with E-state index in [1.54, 1.807) is 0 Å². The summed E-state index contributed by atoms with van der Waals surface area (Å²) >= 11 is 0. The van der Waals surface area contributed by atoms with Crippen LogP contribution in [0.4, 0.5) is 0 Å². The molecule has 17 heavy (non-hydrogen) atoms. The fraction of sp³-hybridized carbons (Fsp3) is 1.00. The van der Waals surface area contributed by atoms with Crippen LogP contribution >= 0.6 is 0 Å². The van der Waals surface area contributed by atoms with Crippen molar-refractivity contribution in [3.8, 4) is 0 Å². The molecule has 2 heteroatoms. The third kappa shape index (κ3) is 7.77. The molecule has 0 radical (unpaired) electrons. The van der Waals surface area contributed by atoms with Gasteiger partial charge in [-0.2, -0.15) is 0 Å². The molecule has 1 N–H and O–H groups in total. The highest BCUT2D eigenvalue weighted by Crippen LogP contribution is 2.14. The van der Waals surface area contributed by atoms with Gasteiger partial charge in [-0.25, -0.2) is 0 Å². The molecule has 0 bridgehead atoms. The maximum absolute atomic E-state index is 5.62. The first-order valence-electron chi connectivity index (χ1n) is 7.68. The number of unbranched alkanes of at least 4 members (excludes halogenated alkanes) is 4. The number of ether oxygens (including phenoxy) is 1. The van der Waals surface area contributed by atoms with Crippen LogP contribution in [0.1, 0.15) is 71.6 Å². The van der Waals surface area contributed by atoms with Gasteiger partial charge in [0.1, 0.15) is 0 Å². The number of hydrogen-bond donors (Lipinski definition) is 1. The topological polar surface area (TPSA) is 21.3 Å². The molecule has 1 saturated heterocycles. The second-order valence-corrected chi connectivity index (χ2v) is 5.48. The van der Waals surface area contributed by atoms with Crippen LogP contribution in [0.3, 0.4) is 0 Å². The van der Waals surface area contributed by atoms with Crippen LogP contribution in [-0.2, 0) is 4.74 Å². The van der Waals surface area contributed by atoms with E-state index in [2.05, 4.69) is 19.2 Å². The lowest BCUT2D eigenvalue weighted by Crippen LogP contribution is -2.29. The lowest BCUT2D eigenvalue weighted by atomic mass is 10.1. The molecule has 2 atom stereocenters. The highest BCUT2D eigenvalue weighted by molar-refractivity contribution is 4.68. The zero-order valence-electron chi connectivity index (χ0n) is 11.8. The average molecular weight is 241 g/mol. The minimum atomic E-state index is 0.541. The van der Waals surface area contributed by atoms with Gasteiger partial charge in [-0.3, -0.25) is 0 Å². The molecular formula is C15H31NO. The van der Waals surface area contributed by atoms with Gasteiger partial charge in [0, 0.05) is 12.6 Å². The van der Waals surface area contributed by atoms with E-state index >= 15 is 0 Å². The third-order valence-electron chi connectivity index (χ3n) is 3.72. The highest BCUT2D eigenvalue weighted by atomic mass is 16.5. The summed E-state index contributed by atoms with van der Waals surface area (Å²) in [5.74, 6) is 0. The van der Waals surface area contributed by atoms with Gasteiger partial charge in [-0.15, -0.1) is 0 Å². The zero-order valence-corrected chi connectivity index (χ0v) is 11.8. The van der Waals surface area contributed by atoms with Crippen LogP contribution in [0, 0.1) is 0 Å². The van der Waals surface area contributed by atoms with E-state index in [0.717, 1.165) is 13.2 Å². The Hall–Kier alpha value is -0.0800. The van der Waals surface area contributed by atoms with Gasteiger partial charge in [0.05, 0.1) is 6.10 Å². The summed E-state index contributed by atoms with van der Waals surface area (Å²) in [6.07, 6.45) is 12.5. The van der Waals surface area contributed by atoms with Crippen LogP contribution in [-0.4, -0.2) is 25.3 Å². The Balaban J connectivity index is 1.84. The lowest BCUT2D eigenvalue weighted by Gasteiger charge is -2.15. The fourth-order valence-electron chi connectivity index (χ4n) is 2.52. The Morgan fingerprint density at radius 1 is 1.24 bits per heavy atom. The first-order valence-corrected chi connectivity index (χ1v) is 7.68. The van der Waals surface area contributed by atoms with Crippen LogP contribution in [0.5, 0.6) is 0 Å². The Labute approximate surface area is 108 Å². The Morgan fingerprint density at radius 2 is 2.06 bits per heavy atom. The fourth-order valence-corrected chi connectivity index (χ4v) is 2.52. The lowest BCUT2D eigenvalue weighted by molar-refractivity contribution is 0.103. The first kappa shape index (κ1) is 15.0. The smallest absolute Gasteiger partial charge is 0.0588 e. The summed E-state index contributed by atoms with van der Waals surface area (Å²) in [7, 11) is 0. The normalized spacial score (nSPS) is 21.9. The molecule has 2 unspecified atom stereocenters. The molecule has 1 rings (SSSR count). The quantitative estimate of drug-likeness (QED) is 0.586. The summed E-state index contributed by atoms with van der Waals surface area (Å²) in [4.78, 5) is 0. The number of rotatable bonds is 10. The average Bonchev–Trinajstić information content (AvgIpc) is 2.82. The van der Waals surface area contributed by atoms with Crippen molar-refractivity contribution >= 4 is 0 Å². The minimum absolute atomic E-state index is 0.541. The maximum atomic E-state index is 5.62. The zero-order chi connectivity index (χ0) is 12.3. The van der Waals surface area contributed by atoms with E-state index in [1.165, 1.54) is 57.8 Å². The molecule has 1 aliphatic rings. The van der Waals surface area contributed by atoms with Crippen molar-refractivity contribution in [3.05, 3.63) is 0 Å². The summed E-state index contributed by atoms with van der Waals surface area (Å²) in [6.45, 7) is 6.70. The van der Waals surface area contributed by atoms with Gasteiger partial charge in [0.15, 0.2) is 0 Å². The Morgan fingerprint density at radius 3 is 2.76 bits per heavy atom. The Bertz CT molecular complexity index is 166.